The maximum Gasteiger partial charge on any atom is 0.321 e. The molecule has 2 aliphatic heterocycles. The van der Waals surface area contributed by atoms with Gasteiger partial charge in [0, 0.05) is 37.9 Å². The van der Waals surface area contributed by atoms with Crippen LogP contribution in [0, 0.1) is 6.92 Å². The summed E-state index contributed by atoms with van der Waals surface area (Å²) >= 11 is 1.65. The minimum atomic E-state index is -0.106. The van der Waals surface area contributed by atoms with E-state index < -0.39 is 0 Å². The Morgan fingerprint density at radius 1 is 1.14 bits per heavy atom. The van der Waals surface area contributed by atoms with E-state index in [1.807, 2.05) is 35.4 Å². The summed E-state index contributed by atoms with van der Waals surface area (Å²) in [5, 5.41) is 5.03. The van der Waals surface area contributed by atoms with Crippen LogP contribution in [0.5, 0.6) is 11.5 Å². The van der Waals surface area contributed by atoms with Gasteiger partial charge in [0.15, 0.2) is 11.5 Å². The van der Waals surface area contributed by atoms with Gasteiger partial charge in [0.2, 0.25) is 6.79 Å². The maximum atomic E-state index is 12.7. The first-order valence-electron chi connectivity index (χ1n) is 9.08. The van der Waals surface area contributed by atoms with Crippen molar-refractivity contribution in [2.75, 3.05) is 43.2 Å². The lowest BCUT2D eigenvalue weighted by Gasteiger charge is -2.35. The third-order valence-corrected chi connectivity index (χ3v) is 5.95. The molecule has 1 fully saturated rings. The summed E-state index contributed by atoms with van der Waals surface area (Å²) in [6.45, 7) is 4.89. The highest BCUT2D eigenvalue weighted by molar-refractivity contribution is 7.17. The molecule has 0 aliphatic carbocycles. The summed E-state index contributed by atoms with van der Waals surface area (Å²) in [7, 11) is 0. The number of carbonyl (C=O) groups is 1. The Morgan fingerprint density at radius 2 is 1.93 bits per heavy atom. The largest absolute Gasteiger partial charge is 0.454 e. The first kappa shape index (κ1) is 17.1. The van der Waals surface area contributed by atoms with Crippen molar-refractivity contribution in [1.29, 1.82) is 0 Å². The quantitative estimate of drug-likeness (QED) is 0.716. The molecule has 0 saturated carbocycles. The SMILES string of the molecule is Cc1cc2c(cc1NC(=O)N1CCN(c3ncnc4ccsc34)CC1)OCO2. The third-order valence-electron chi connectivity index (χ3n) is 5.05. The van der Waals surface area contributed by atoms with E-state index in [4.69, 9.17) is 9.47 Å². The molecule has 0 spiro atoms. The molecule has 0 atom stereocenters. The second-order valence-electron chi connectivity index (χ2n) is 6.76. The standard InChI is InChI=1S/C19H19N5O3S/c1-12-8-15-16(27-11-26-15)9-14(12)22-19(25)24-5-3-23(4-6-24)18-17-13(2-7-28-17)20-10-21-18/h2,7-10H,3-6,11H2,1H3,(H,22,25). The second-order valence-corrected chi connectivity index (χ2v) is 7.67. The molecule has 5 rings (SSSR count). The average molecular weight is 397 g/mol. The first-order chi connectivity index (χ1) is 13.7. The molecule has 9 heteroatoms. The molecule has 2 aliphatic rings. The second kappa shape index (κ2) is 6.83. The van der Waals surface area contributed by atoms with Gasteiger partial charge < -0.3 is 24.6 Å². The predicted octanol–water partition coefficient (Wildman–Crippen LogP) is 3.08. The van der Waals surface area contributed by atoms with Crippen molar-refractivity contribution < 1.29 is 14.3 Å². The van der Waals surface area contributed by atoms with Crippen molar-refractivity contribution in [1.82, 2.24) is 14.9 Å². The lowest BCUT2D eigenvalue weighted by Crippen LogP contribution is -2.50. The molecule has 0 radical (unpaired) electrons. The molecule has 1 aromatic carbocycles. The van der Waals surface area contributed by atoms with Crippen molar-refractivity contribution in [3.63, 3.8) is 0 Å². The van der Waals surface area contributed by atoms with Crippen LogP contribution in [-0.4, -0.2) is 53.9 Å². The van der Waals surface area contributed by atoms with Crippen molar-refractivity contribution >= 4 is 39.1 Å². The highest BCUT2D eigenvalue weighted by Gasteiger charge is 2.24. The maximum absolute atomic E-state index is 12.7. The van der Waals surface area contributed by atoms with E-state index in [1.165, 1.54) is 0 Å². The molecule has 1 N–H and O–H groups in total. The molecule has 4 heterocycles. The topological polar surface area (TPSA) is 79.8 Å². The van der Waals surface area contributed by atoms with Gasteiger partial charge in [-0.05, 0) is 30.0 Å². The molecule has 3 aromatic rings. The minimum Gasteiger partial charge on any atom is -0.454 e. The molecular weight excluding hydrogens is 378 g/mol. The predicted molar refractivity (Wildman–Crippen MR) is 108 cm³/mol. The van der Waals surface area contributed by atoms with E-state index >= 15 is 0 Å². The van der Waals surface area contributed by atoms with Crippen LogP contribution < -0.4 is 19.7 Å². The van der Waals surface area contributed by atoms with Crippen molar-refractivity contribution in [2.24, 2.45) is 0 Å². The van der Waals surface area contributed by atoms with Gasteiger partial charge in [0.1, 0.15) is 12.1 Å². The lowest BCUT2D eigenvalue weighted by atomic mass is 10.2. The highest BCUT2D eigenvalue weighted by atomic mass is 32.1. The Bertz CT molecular complexity index is 1050. The fourth-order valence-electron chi connectivity index (χ4n) is 3.50. The number of amides is 2. The molecule has 0 bridgehead atoms. The Hall–Kier alpha value is -3.07. The number of carbonyl (C=O) groups excluding carboxylic acids is 1. The number of rotatable bonds is 2. The number of hydrogen-bond acceptors (Lipinski definition) is 7. The molecule has 8 nitrogen and oxygen atoms in total. The van der Waals surface area contributed by atoms with E-state index in [0.717, 1.165) is 40.4 Å². The van der Waals surface area contributed by atoms with Crippen LogP contribution in [0.25, 0.3) is 10.2 Å². The van der Waals surface area contributed by atoms with Crippen molar-refractivity contribution in [3.8, 4) is 11.5 Å². The number of nitrogens with zero attached hydrogens (tertiary/aromatic N) is 4. The van der Waals surface area contributed by atoms with Gasteiger partial charge in [-0.1, -0.05) is 0 Å². The number of piperazine rings is 1. The van der Waals surface area contributed by atoms with Crippen LogP contribution in [0.2, 0.25) is 0 Å². The number of benzene rings is 1. The summed E-state index contributed by atoms with van der Waals surface area (Å²) in [5.74, 6) is 2.33. The highest BCUT2D eigenvalue weighted by Crippen LogP contribution is 2.37. The molecule has 0 unspecified atom stereocenters. The van der Waals surface area contributed by atoms with E-state index in [-0.39, 0.29) is 12.8 Å². The fourth-order valence-corrected chi connectivity index (χ4v) is 4.36. The Labute approximate surface area is 165 Å². The van der Waals surface area contributed by atoms with Gasteiger partial charge >= 0.3 is 6.03 Å². The van der Waals surface area contributed by atoms with Crippen molar-refractivity contribution in [3.05, 3.63) is 35.5 Å². The van der Waals surface area contributed by atoms with E-state index in [0.29, 0.717) is 24.6 Å². The Kier molecular flexibility index (Phi) is 4.16. The summed E-state index contributed by atoms with van der Waals surface area (Å²) in [4.78, 5) is 25.5. The summed E-state index contributed by atoms with van der Waals surface area (Å²) in [5.41, 5.74) is 2.65. The van der Waals surface area contributed by atoms with Gasteiger partial charge in [-0.2, -0.15) is 0 Å². The Balaban J connectivity index is 1.26. The fraction of sp³-hybridized carbons (Fsp3) is 0.316. The van der Waals surface area contributed by atoms with Gasteiger partial charge in [-0.15, -0.1) is 11.3 Å². The zero-order valence-corrected chi connectivity index (χ0v) is 16.2. The molecule has 28 heavy (non-hydrogen) atoms. The number of hydrogen-bond donors (Lipinski definition) is 1. The molecule has 2 amide bonds. The van der Waals surface area contributed by atoms with Gasteiger partial charge in [-0.25, -0.2) is 14.8 Å². The number of thiophene rings is 1. The van der Waals surface area contributed by atoms with Gasteiger partial charge in [0.25, 0.3) is 0 Å². The summed E-state index contributed by atoms with van der Waals surface area (Å²) in [6.07, 6.45) is 1.60. The molecular formula is C19H19N5O3S. The zero-order valence-electron chi connectivity index (χ0n) is 15.3. The number of ether oxygens (including phenoxy) is 2. The van der Waals surface area contributed by atoms with Gasteiger partial charge in [0.05, 0.1) is 10.2 Å². The number of aryl methyl sites for hydroxylation is 1. The van der Waals surface area contributed by atoms with E-state index in [1.54, 1.807) is 17.7 Å². The first-order valence-corrected chi connectivity index (χ1v) is 9.96. The van der Waals surface area contributed by atoms with Crippen LogP contribution in [0.1, 0.15) is 5.56 Å². The molecule has 2 aromatic heterocycles. The number of nitrogens with one attached hydrogen (secondary N) is 1. The van der Waals surface area contributed by atoms with Crippen LogP contribution in [-0.2, 0) is 0 Å². The van der Waals surface area contributed by atoms with Gasteiger partial charge in [-0.3, -0.25) is 0 Å². The van der Waals surface area contributed by atoms with E-state index in [2.05, 4.69) is 20.2 Å². The third kappa shape index (κ3) is 2.97. The lowest BCUT2D eigenvalue weighted by molar-refractivity contribution is 0.174. The number of urea groups is 1. The average Bonchev–Trinajstić information content (AvgIpc) is 3.37. The summed E-state index contributed by atoms with van der Waals surface area (Å²) in [6, 6.07) is 5.60. The van der Waals surface area contributed by atoms with Crippen LogP contribution >= 0.6 is 11.3 Å². The monoisotopic (exact) mass is 397 g/mol. The zero-order chi connectivity index (χ0) is 19.1. The van der Waals surface area contributed by atoms with Crippen LogP contribution in [0.3, 0.4) is 0 Å². The molecule has 1 saturated heterocycles. The molecule has 144 valence electrons. The Morgan fingerprint density at radius 3 is 2.75 bits per heavy atom. The number of aromatic nitrogens is 2. The van der Waals surface area contributed by atoms with Crippen LogP contribution in [0.15, 0.2) is 29.9 Å². The normalized spacial score (nSPS) is 15.9. The summed E-state index contributed by atoms with van der Waals surface area (Å²) < 4.78 is 11.9. The van der Waals surface area contributed by atoms with Crippen molar-refractivity contribution in [2.45, 2.75) is 6.92 Å². The van der Waals surface area contributed by atoms with Crippen LogP contribution in [0.4, 0.5) is 16.3 Å². The number of fused-ring (bicyclic) bond motifs is 2. The van der Waals surface area contributed by atoms with E-state index in [9.17, 15) is 4.79 Å². The minimum absolute atomic E-state index is 0.106. The smallest absolute Gasteiger partial charge is 0.321 e. The number of anilines is 2.